The quantitative estimate of drug-likeness (QED) is 0.815. The maximum atomic E-state index is 12.3. The van der Waals surface area contributed by atoms with Crippen LogP contribution in [0.2, 0.25) is 0 Å². The summed E-state index contributed by atoms with van der Waals surface area (Å²) in [6.45, 7) is 9.04. The van der Waals surface area contributed by atoms with Crippen molar-refractivity contribution in [3.63, 3.8) is 0 Å². The summed E-state index contributed by atoms with van der Waals surface area (Å²) in [7, 11) is 0. The molecule has 0 aliphatic carbocycles. The lowest BCUT2D eigenvalue weighted by molar-refractivity contribution is -0.135. The van der Waals surface area contributed by atoms with Gasteiger partial charge in [0.1, 0.15) is 6.04 Å². The number of nitrogens with zero attached hydrogens (tertiary/aromatic N) is 1. The van der Waals surface area contributed by atoms with Crippen LogP contribution in [0.1, 0.15) is 53.4 Å². The van der Waals surface area contributed by atoms with E-state index < -0.39 is 0 Å². The fraction of sp³-hybridized carbons (Fsp3) is 0.857. The Hall–Kier alpha value is -1.06. The van der Waals surface area contributed by atoms with E-state index >= 15 is 0 Å². The normalized spacial score (nSPS) is 25.3. The molecule has 1 heterocycles. The lowest BCUT2D eigenvalue weighted by Gasteiger charge is -2.28. The van der Waals surface area contributed by atoms with Crippen LogP contribution < -0.4 is 5.32 Å². The molecule has 2 atom stereocenters. The molecule has 18 heavy (non-hydrogen) atoms. The number of amides is 2. The topological polar surface area (TPSA) is 49.4 Å². The lowest BCUT2D eigenvalue weighted by atomic mass is 10.1. The Morgan fingerprint density at radius 2 is 2.06 bits per heavy atom. The van der Waals surface area contributed by atoms with Gasteiger partial charge in [-0.25, -0.2) is 0 Å². The first-order valence-corrected chi connectivity index (χ1v) is 7.05. The molecule has 0 bridgehead atoms. The summed E-state index contributed by atoms with van der Waals surface area (Å²) in [6.07, 6.45) is 3.22. The molecule has 1 aliphatic rings. The molecular weight excluding hydrogens is 228 g/mol. The van der Waals surface area contributed by atoms with Gasteiger partial charge in [0.15, 0.2) is 0 Å². The standard InChI is InChI=1S/C14H26N2O2/c1-5-12-14(18)16(8-6-7-10(2)3)11(4)9-13(17)15-12/h10-12H,5-9H2,1-4H3,(H,15,17). The highest BCUT2D eigenvalue weighted by molar-refractivity contribution is 5.90. The van der Waals surface area contributed by atoms with Crippen molar-refractivity contribution in [3.05, 3.63) is 0 Å². The second-order valence-corrected chi connectivity index (χ2v) is 5.65. The highest BCUT2D eigenvalue weighted by atomic mass is 16.2. The van der Waals surface area contributed by atoms with E-state index in [1.165, 1.54) is 0 Å². The van der Waals surface area contributed by atoms with Gasteiger partial charge in [-0.15, -0.1) is 0 Å². The fourth-order valence-corrected chi connectivity index (χ4v) is 2.39. The Kier molecular flexibility index (Phi) is 5.63. The van der Waals surface area contributed by atoms with E-state index in [-0.39, 0.29) is 23.9 Å². The largest absolute Gasteiger partial charge is 0.344 e. The van der Waals surface area contributed by atoms with Crippen molar-refractivity contribution >= 4 is 11.8 Å². The second-order valence-electron chi connectivity index (χ2n) is 5.65. The smallest absolute Gasteiger partial charge is 0.245 e. The number of carbonyl (C=O) groups excluding carboxylic acids is 2. The maximum absolute atomic E-state index is 12.3. The summed E-state index contributed by atoms with van der Waals surface area (Å²) < 4.78 is 0. The summed E-state index contributed by atoms with van der Waals surface area (Å²) >= 11 is 0. The van der Waals surface area contributed by atoms with Crippen molar-refractivity contribution in [1.82, 2.24) is 10.2 Å². The van der Waals surface area contributed by atoms with Gasteiger partial charge in [-0.1, -0.05) is 20.8 Å². The molecule has 0 spiro atoms. The van der Waals surface area contributed by atoms with Crippen molar-refractivity contribution in [3.8, 4) is 0 Å². The molecule has 2 amide bonds. The Morgan fingerprint density at radius 1 is 1.39 bits per heavy atom. The molecule has 4 nitrogen and oxygen atoms in total. The summed E-state index contributed by atoms with van der Waals surface area (Å²) in [4.78, 5) is 25.8. The van der Waals surface area contributed by atoms with Crippen LogP contribution in [0, 0.1) is 5.92 Å². The van der Waals surface area contributed by atoms with Crippen molar-refractivity contribution in [2.24, 2.45) is 5.92 Å². The zero-order valence-corrected chi connectivity index (χ0v) is 12.0. The predicted molar refractivity (Wildman–Crippen MR) is 72.1 cm³/mol. The average molecular weight is 254 g/mol. The molecule has 1 rings (SSSR count). The third-order valence-electron chi connectivity index (χ3n) is 3.52. The second kappa shape index (κ2) is 6.76. The van der Waals surface area contributed by atoms with E-state index in [2.05, 4.69) is 19.2 Å². The van der Waals surface area contributed by atoms with Crippen LogP contribution in [0.4, 0.5) is 0 Å². The van der Waals surface area contributed by atoms with Crippen LogP contribution in [0.25, 0.3) is 0 Å². The summed E-state index contributed by atoms with van der Waals surface area (Å²) in [5, 5.41) is 2.81. The minimum atomic E-state index is -0.332. The van der Waals surface area contributed by atoms with E-state index in [4.69, 9.17) is 0 Å². The van der Waals surface area contributed by atoms with Gasteiger partial charge in [-0.2, -0.15) is 0 Å². The zero-order valence-electron chi connectivity index (χ0n) is 12.0. The molecule has 4 heteroatoms. The summed E-state index contributed by atoms with van der Waals surface area (Å²) in [5.74, 6) is 0.734. The highest BCUT2D eigenvalue weighted by Crippen LogP contribution is 2.15. The number of nitrogens with one attached hydrogen (secondary N) is 1. The van der Waals surface area contributed by atoms with Crippen molar-refractivity contribution in [1.29, 1.82) is 0 Å². The van der Waals surface area contributed by atoms with Gasteiger partial charge in [0, 0.05) is 19.0 Å². The molecule has 1 fully saturated rings. The Morgan fingerprint density at radius 3 is 2.61 bits per heavy atom. The van der Waals surface area contributed by atoms with Crippen molar-refractivity contribution in [2.75, 3.05) is 6.54 Å². The average Bonchev–Trinajstić information content (AvgIpc) is 2.38. The van der Waals surface area contributed by atoms with Gasteiger partial charge >= 0.3 is 0 Å². The van der Waals surface area contributed by atoms with Gasteiger partial charge in [0.05, 0.1) is 0 Å². The van der Waals surface area contributed by atoms with E-state index in [0.717, 1.165) is 19.4 Å². The van der Waals surface area contributed by atoms with E-state index in [9.17, 15) is 9.59 Å². The van der Waals surface area contributed by atoms with Crippen LogP contribution in [0.3, 0.4) is 0 Å². The first-order chi connectivity index (χ1) is 8.45. The maximum Gasteiger partial charge on any atom is 0.245 e. The Balaban J connectivity index is 2.66. The van der Waals surface area contributed by atoms with Crippen LogP contribution in [0.15, 0.2) is 0 Å². The van der Waals surface area contributed by atoms with Gasteiger partial charge in [-0.3, -0.25) is 9.59 Å². The van der Waals surface area contributed by atoms with Crippen LogP contribution in [-0.4, -0.2) is 35.3 Å². The zero-order chi connectivity index (χ0) is 13.7. The van der Waals surface area contributed by atoms with Gasteiger partial charge < -0.3 is 10.2 Å². The Bertz CT molecular complexity index is 302. The molecule has 0 aromatic carbocycles. The molecule has 1 aliphatic heterocycles. The number of carbonyl (C=O) groups is 2. The molecule has 0 saturated carbocycles. The van der Waals surface area contributed by atoms with Crippen LogP contribution in [-0.2, 0) is 9.59 Å². The summed E-state index contributed by atoms with van der Waals surface area (Å²) in [6, 6.07) is -0.317. The van der Waals surface area contributed by atoms with E-state index in [0.29, 0.717) is 18.8 Å². The highest BCUT2D eigenvalue weighted by Gasteiger charge is 2.32. The first kappa shape index (κ1) is 15.0. The molecule has 0 aromatic rings. The van der Waals surface area contributed by atoms with E-state index in [1.807, 2.05) is 18.7 Å². The SMILES string of the molecule is CCC1NC(=O)CC(C)N(CCCC(C)C)C1=O. The van der Waals surface area contributed by atoms with Gasteiger partial charge in [0.25, 0.3) is 0 Å². The summed E-state index contributed by atoms with van der Waals surface area (Å²) in [5.41, 5.74) is 0. The number of rotatable bonds is 5. The monoisotopic (exact) mass is 254 g/mol. The number of hydrogen-bond acceptors (Lipinski definition) is 2. The molecular formula is C14H26N2O2. The van der Waals surface area contributed by atoms with Crippen molar-refractivity contribution < 1.29 is 9.59 Å². The minimum absolute atomic E-state index is 0.00550. The molecule has 104 valence electrons. The molecule has 1 saturated heterocycles. The van der Waals surface area contributed by atoms with Gasteiger partial charge in [0.2, 0.25) is 11.8 Å². The van der Waals surface area contributed by atoms with Gasteiger partial charge in [-0.05, 0) is 32.1 Å². The van der Waals surface area contributed by atoms with E-state index in [1.54, 1.807) is 0 Å². The fourth-order valence-electron chi connectivity index (χ4n) is 2.39. The minimum Gasteiger partial charge on any atom is -0.344 e. The first-order valence-electron chi connectivity index (χ1n) is 7.05. The lowest BCUT2D eigenvalue weighted by Crippen LogP contribution is -2.46. The van der Waals surface area contributed by atoms with Crippen LogP contribution >= 0.6 is 0 Å². The Labute approximate surface area is 110 Å². The third-order valence-corrected chi connectivity index (χ3v) is 3.52. The van der Waals surface area contributed by atoms with Crippen molar-refractivity contribution in [2.45, 2.75) is 65.5 Å². The van der Waals surface area contributed by atoms with Crippen LogP contribution in [0.5, 0.6) is 0 Å². The molecule has 2 unspecified atom stereocenters. The third kappa shape index (κ3) is 4.00. The number of hydrogen-bond donors (Lipinski definition) is 1. The molecule has 0 aromatic heterocycles. The molecule has 0 radical (unpaired) electrons. The predicted octanol–water partition coefficient (Wildman–Crippen LogP) is 1.94. The molecule has 1 N–H and O–H groups in total.